The van der Waals surface area contributed by atoms with Gasteiger partial charge >= 0.3 is 0 Å². The highest BCUT2D eigenvalue weighted by atomic mass is 35.5. The van der Waals surface area contributed by atoms with Gasteiger partial charge in [-0.05, 0) is 115 Å². The first kappa shape index (κ1) is 67.4. The summed E-state index contributed by atoms with van der Waals surface area (Å²) < 4.78 is 85.1. The van der Waals surface area contributed by atoms with Crippen LogP contribution < -0.4 is 10.0 Å². The molecule has 0 aliphatic carbocycles. The highest BCUT2D eigenvalue weighted by Crippen LogP contribution is 2.40. The summed E-state index contributed by atoms with van der Waals surface area (Å²) in [6.45, 7) is 8.76. The molecule has 2 aliphatic rings. The summed E-state index contributed by atoms with van der Waals surface area (Å²) in [6.07, 6.45) is -1.96. The molecular weight excluding hydrogens is 1160 g/mol. The Morgan fingerprint density at radius 1 is 0.613 bits per heavy atom. The Balaban J connectivity index is 0.000000341. The molecule has 4 atom stereocenters. The Hall–Kier alpha value is -3.36. The number of aliphatic hydroxyl groups excluding tert-OH is 2. The van der Waals surface area contributed by atoms with E-state index in [9.17, 15) is 36.6 Å². The van der Waals surface area contributed by atoms with Crippen LogP contribution in [-0.2, 0) is 71.0 Å². The molecule has 0 aromatic heterocycles. The summed E-state index contributed by atoms with van der Waals surface area (Å²) in [5.41, 5.74) is 6.29. The summed E-state index contributed by atoms with van der Waals surface area (Å²) in [6, 6.07) is 21.5. The van der Waals surface area contributed by atoms with E-state index >= 15 is 0 Å². The number of amides is 1. The van der Waals surface area contributed by atoms with Crippen LogP contribution in [0.25, 0.3) is 0 Å². The molecule has 2 aliphatic heterocycles. The molecule has 0 radical (unpaired) electrons. The van der Waals surface area contributed by atoms with Crippen molar-refractivity contribution in [2.75, 3.05) is 126 Å². The number of nitrogens with zero attached hydrogens (tertiary/aromatic N) is 2. The van der Waals surface area contributed by atoms with Crippen LogP contribution in [0.5, 0.6) is 0 Å². The van der Waals surface area contributed by atoms with Crippen LogP contribution in [0.15, 0.2) is 82.6 Å². The molecular formula is C56H76Cl4N4O14S2. The minimum Gasteiger partial charge on any atom is -0.382 e. The van der Waals surface area contributed by atoms with Crippen molar-refractivity contribution >= 4 is 78.0 Å². The van der Waals surface area contributed by atoms with Gasteiger partial charge < -0.3 is 53.8 Å². The number of fused-ring (bicyclic) bond motifs is 2. The summed E-state index contributed by atoms with van der Waals surface area (Å²) in [4.78, 5) is 28.9. The second-order valence-corrected chi connectivity index (χ2v) is 25.0. The molecule has 4 unspecified atom stereocenters. The van der Waals surface area contributed by atoms with Gasteiger partial charge in [0.05, 0.1) is 68.4 Å². The predicted octanol–water partition coefficient (Wildman–Crippen LogP) is 6.91. The van der Waals surface area contributed by atoms with Gasteiger partial charge in [-0.1, -0.05) is 77.6 Å². The van der Waals surface area contributed by atoms with Crippen LogP contribution in [0, 0.1) is 0 Å². The van der Waals surface area contributed by atoms with Crippen LogP contribution in [-0.4, -0.2) is 187 Å². The molecule has 0 spiro atoms. The zero-order chi connectivity index (χ0) is 58.2. The van der Waals surface area contributed by atoms with Crippen molar-refractivity contribution in [3.05, 3.63) is 126 Å². The van der Waals surface area contributed by atoms with Crippen LogP contribution in [0.3, 0.4) is 0 Å². The Bertz CT molecular complexity index is 2800. The number of hydrogen-bond acceptors (Lipinski definition) is 16. The van der Waals surface area contributed by atoms with E-state index in [4.69, 9.17) is 74.8 Å². The lowest BCUT2D eigenvalue weighted by Gasteiger charge is -2.33. The highest BCUT2D eigenvalue weighted by Gasteiger charge is 2.31. The second-order valence-electron chi connectivity index (χ2n) is 19.4. The minimum atomic E-state index is -3.74. The first-order valence-corrected chi connectivity index (χ1v) is 31.2. The van der Waals surface area contributed by atoms with E-state index in [0.717, 1.165) is 59.4 Å². The van der Waals surface area contributed by atoms with Crippen molar-refractivity contribution < 1.29 is 65.1 Å². The quantitative estimate of drug-likeness (QED) is 0.0355. The van der Waals surface area contributed by atoms with Gasteiger partial charge in [-0.2, -0.15) is 0 Å². The van der Waals surface area contributed by atoms with Crippen molar-refractivity contribution in [3.8, 4) is 0 Å². The third-order valence-electron chi connectivity index (χ3n) is 13.1. The number of sulfone groups is 1. The summed E-state index contributed by atoms with van der Waals surface area (Å²) in [5.74, 6) is -1.34. The standard InChI is InChI=1S/C34H49Cl2N3O11S.C22H27Cl2NO3S/c1-39-22-28(27-20-25(35)21-30(36)29(27)23-39)24-5-7-26(8-6-24)51(44,45)38-10-13-49-17-19-50-18-16-48-12-9-37-34(43)33(42)32(41)31(40)4-3-11-47-15-14-46-2;1-3-9-28-10-4-11-29(26,27)18-7-5-16(6-8-18)20-14-25(2)15-21-19(20)12-17(23)13-22(21)24/h5-8,20-21,28,32-33,38,41-42H,3-4,9-19,22-23H2,1-2H3,(H,37,43);5-8,12-13,20H,3-4,9-11,14-15H2,1-2H3. The number of sulfonamides is 1. The lowest BCUT2D eigenvalue weighted by atomic mass is 9.85. The largest absolute Gasteiger partial charge is 0.382 e. The molecule has 1 amide bonds. The number of ether oxygens (including phenoxy) is 6. The Morgan fingerprint density at radius 3 is 1.60 bits per heavy atom. The number of carbonyl (C=O) groups excluding carboxylic acids is 2. The topological polar surface area (TPSA) is 229 Å². The van der Waals surface area contributed by atoms with Crippen molar-refractivity contribution in [2.45, 2.75) is 79.5 Å². The number of nitrogens with one attached hydrogen (secondary N) is 2. The molecule has 2 heterocycles. The maximum absolute atomic E-state index is 12.8. The summed E-state index contributed by atoms with van der Waals surface area (Å²) in [7, 11) is -1.43. The number of rotatable bonds is 33. The molecule has 0 saturated heterocycles. The van der Waals surface area contributed by atoms with Gasteiger partial charge in [0.1, 0.15) is 6.10 Å². The third-order valence-corrected chi connectivity index (χ3v) is 17.5. The zero-order valence-electron chi connectivity index (χ0n) is 45.8. The van der Waals surface area contributed by atoms with Gasteiger partial charge in [-0.25, -0.2) is 21.6 Å². The monoisotopic (exact) mass is 1230 g/mol. The summed E-state index contributed by atoms with van der Waals surface area (Å²) in [5, 5.41) is 24.8. The van der Waals surface area contributed by atoms with Crippen molar-refractivity contribution in [1.82, 2.24) is 19.8 Å². The fraction of sp³-hybridized carbons (Fsp3) is 0.536. The molecule has 6 rings (SSSR count). The predicted molar refractivity (Wildman–Crippen MR) is 310 cm³/mol. The van der Waals surface area contributed by atoms with Crippen LogP contribution in [0.2, 0.25) is 20.1 Å². The molecule has 80 heavy (non-hydrogen) atoms. The number of halogens is 4. The molecule has 18 nitrogen and oxygen atoms in total. The van der Waals surface area contributed by atoms with Crippen molar-refractivity contribution in [2.24, 2.45) is 0 Å². The number of likely N-dealkylation sites (N-methyl/N-ethyl adjacent to an activating group) is 2. The Morgan fingerprint density at radius 2 is 1.07 bits per heavy atom. The number of aliphatic hydroxyl groups is 2. The first-order chi connectivity index (χ1) is 38.3. The van der Waals surface area contributed by atoms with E-state index in [1.807, 2.05) is 50.4 Å². The van der Waals surface area contributed by atoms with Gasteiger partial charge in [0.25, 0.3) is 5.91 Å². The minimum absolute atomic E-state index is 0.00287. The SMILES string of the molecule is CCCOCCCS(=O)(=O)c1ccc(C2CN(C)Cc3c(Cl)cc(Cl)cc32)cc1.COCCOCCCC(=O)C(O)C(O)C(=O)NCCOCCOCCOCCNS(=O)(=O)c1ccc(C2CN(C)Cc3c(Cl)cc(Cl)cc32)cc1. The van der Waals surface area contributed by atoms with Gasteiger partial charge in [0.2, 0.25) is 10.0 Å². The van der Waals surface area contributed by atoms with Crippen molar-refractivity contribution in [1.29, 1.82) is 0 Å². The third kappa shape index (κ3) is 21.4. The lowest BCUT2D eigenvalue weighted by Crippen LogP contribution is -2.46. The fourth-order valence-electron chi connectivity index (χ4n) is 9.05. The zero-order valence-corrected chi connectivity index (χ0v) is 50.5. The van der Waals surface area contributed by atoms with E-state index in [1.54, 1.807) is 43.5 Å². The van der Waals surface area contributed by atoms with E-state index in [0.29, 0.717) is 77.4 Å². The van der Waals surface area contributed by atoms with Crippen molar-refractivity contribution in [3.63, 3.8) is 0 Å². The molecule has 0 fully saturated rings. The number of ketones is 1. The van der Waals surface area contributed by atoms with Crippen LogP contribution >= 0.6 is 46.4 Å². The Labute approximate surface area is 491 Å². The molecule has 0 bridgehead atoms. The van der Waals surface area contributed by atoms with Gasteiger partial charge in [0, 0.05) is 105 Å². The number of hydrogen-bond donors (Lipinski definition) is 4. The molecule has 4 aromatic carbocycles. The molecule has 24 heteroatoms. The number of carbonyl (C=O) groups is 2. The molecule has 4 aromatic rings. The molecule has 0 saturated carbocycles. The number of methoxy groups -OCH3 is 1. The number of benzene rings is 4. The normalized spacial score (nSPS) is 16.5. The smallest absolute Gasteiger partial charge is 0.252 e. The number of Topliss-reactive ketones (excluding diaryl/α,β-unsaturated/α-hetero) is 1. The van der Waals surface area contributed by atoms with E-state index in [1.165, 1.54) is 0 Å². The van der Waals surface area contributed by atoms with Crippen LogP contribution in [0.1, 0.15) is 77.8 Å². The average Bonchev–Trinajstić information content (AvgIpc) is 3.53. The fourth-order valence-corrected chi connectivity index (χ4v) is 12.5. The van der Waals surface area contributed by atoms with E-state index in [2.05, 4.69) is 26.9 Å². The molecule has 444 valence electrons. The second kappa shape index (κ2) is 34.4. The average molecular weight is 1240 g/mol. The maximum atomic E-state index is 12.8. The lowest BCUT2D eigenvalue weighted by molar-refractivity contribution is -0.145. The van der Waals surface area contributed by atoms with Crippen LogP contribution in [0.4, 0.5) is 0 Å². The maximum Gasteiger partial charge on any atom is 0.252 e. The van der Waals surface area contributed by atoms with Gasteiger partial charge in [-0.15, -0.1) is 0 Å². The highest BCUT2D eigenvalue weighted by molar-refractivity contribution is 7.91. The molecule has 4 N–H and O–H groups in total. The summed E-state index contributed by atoms with van der Waals surface area (Å²) >= 11 is 25.4. The first-order valence-electron chi connectivity index (χ1n) is 26.6. The van der Waals surface area contributed by atoms with Gasteiger partial charge in [-0.3, -0.25) is 9.59 Å². The van der Waals surface area contributed by atoms with Gasteiger partial charge in [0.15, 0.2) is 21.7 Å². The Kier molecular flexibility index (Phi) is 29.0. The van der Waals surface area contributed by atoms with E-state index in [-0.39, 0.29) is 81.6 Å². The van der Waals surface area contributed by atoms with E-state index < -0.39 is 43.8 Å².